The van der Waals surface area contributed by atoms with Gasteiger partial charge in [0, 0.05) is 24.2 Å². The van der Waals surface area contributed by atoms with Gasteiger partial charge >= 0.3 is 0 Å². The maximum Gasteiger partial charge on any atom is 0.223 e. The molecule has 0 aromatic carbocycles. The van der Waals surface area contributed by atoms with Crippen LogP contribution in [0.4, 0.5) is 0 Å². The van der Waals surface area contributed by atoms with Crippen molar-refractivity contribution in [1.82, 2.24) is 10.3 Å². The van der Waals surface area contributed by atoms with Gasteiger partial charge in [0.15, 0.2) is 0 Å². The van der Waals surface area contributed by atoms with Crippen molar-refractivity contribution < 1.29 is 9.53 Å². The Morgan fingerprint density at radius 3 is 3.06 bits per heavy atom. The molecule has 0 radical (unpaired) electrons. The first-order chi connectivity index (χ1) is 7.72. The van der Waals surface area contributed by atoms with Gasteiger partial charge in [0.05, 0.1) is 7.11 Å². The van der Waals surface area contributed by atoms with Crippen molar-refractivity contribution in [2.45, 2.75) is 19.9 Å². The summed E-state index contributed by atoms with van der Waals surface area (Å²) >= 11 is 0. The molecule has 1 saturated carbocycles. The van der Waals surface area contributed by atoms with Crippen molar-refractivity contribution in [2.24, 2.45) is 11.8 Å². The van der Waals surface area contributed by atoms with Crippen LogP contribution in [-0.2, 0) is 11.3 Å². The Morgan fingerprint density at radius 1 is 1.69 bits per heavy atom. The molecule has 0 aliphatic heterocycles. The number of carbonyl (C=O) groups excluding carboxylic acids is 1. The molecule has 0 saturated heterocycles. The highest BCUT2D eigenvalue weighted by Gasteiger charge is 2.38. The monoisotopic (exact) mass is 220 g/mol. The average molecular weight is 220 g/mol. The largest absolute Gasteiger partial charge is 0.481 e. The summed E-state index contributed by atoms with van der Waals surface area (Å²) in [6.07, 6.45) is 2.68. The number of hydrogen-bond donors (Lipinski definition) is 1. The third-order valence-electron chi connectivity index (χ3n) is 2.94. The number of rotatable bonds is 4. The molecule has 0 bridgehead atoms. The van der Waals surface area contributed by atoms with Crippen molar-refractivity contribution in [1.29, 1.82) is 0 Å². The van der Waals surface area contributed by atoms with Crippen LogP contribution >= 0.6 is 0 Å². The molecule has 1 aromatic heterocycles. The van der Waals surface area contributed by atoms with Gasteiger partial charge in [-0.2, -0.15) is 0 Å². The van der Waals surface area contributed by atoms with Gasteiger partial charge in [-0.3, -0.25) is 4.79 Å². The molecule has 1 aliphatic carbocycles. The van der Waals surface area contributed by atoms with Gasteiger partial charge in [0.2, 0.25) is 11.8 Å². The second-order valence-electron chi connectivity index (χ2n) is 4.21. The minimum absolute atomic E-state index is 0.137. The summed E-state index contributed by atoms with van der Waals surface area (Å²) in [6.45, 7) is 2.58. The Morgan fingerprint density at radius 2 is 2.44 bits per heavy atom. The number of nitrogens with zero attached hydrogens (tertiary/aromatic N) is 1. The van der Waals surface area contributed by atoms with Crippen molar-refractivity contribution in [3.63, 3.8) is 0 Å². The molecule has 1 heterocycles. The lowest BCUT2D eigenvalue weighted by Gasteiger charge is -2.08. The predicted molar refractivity (Wildman–Crippen MR) is 59.9 cm³/mol. The van der Waals surface area contributed by atoms with E-state index in [9.17, 15) is 4.79 Å². The SMILES string of the molecule is COc1ncccc1CNC(=O)[C@H]1C[C@H]1C. The zero-order valence-electron chi connectivity index (χ0n) is 9.56. The molecule has 1 aromatic rings. The first-order valence-electron chi connectivity index (χ1n) is 5.48. The van der Waals surface area contributed by atoms with Gasteiger partial charge in [0.25, 0.3) is 0 Å². The van der Waals surface area contributed by atoms with Gasteiger partial charge < -0.3 is 10.1 Å². The molecule has 4 heteroatoms. The molecule has 2 rings (SSSR count). The number of methoxy groups -OCH3 is 1. The Kier molecular flexibility index (Phi) is 3.08. The van der Waals surface area contributed by atoms with Crippen LogP contribution in [0, 0.1) is 11.8 Å². The van der Waals surface area contributed by atoms with Crippen LogP contribution in [0.2, 0.25) is 0 Å². The van der Waals surface area contributed by atoms with Crippen LogP contribution in [0.3, 0.4) is 0 Å². The number of hydrogen-bond acceptors (Lipinski definition) is 3. The topological polar surface area (TPSA) is 51.2 Å². The van der Waals surface area contributed by atoms with Gasteiger partial charge in [0.1, 0.15) is 0 Å². The molecular formula is C12H16N2O2. The summed E-state index contributed by atoms with van der Waals surface area (Å²) in [5, 5.41) is 2.91. The summed E-state index contributed by atoms with van der Waals surface area (Å²) < 4.78 is 5.11. The minimum Gasteiger partial charge on any atom is -0.481 e. The van der Waals surface area contributed by atoms with E-state index in [4.69, 9.17) is 4.74 Å². The highest BCUT2D eigenvalue weighted by molar-refractivity contribution is 5.81. The summed E-state index contributed by atoms with van der Waals surface area (Å²) in [7, 11) is 1.58. The molecule has 2 atom stereocenters. The zero-order chi connectivity index (χ0) is 11.5. The van der Waals surface area contributed by atoms with Crippen LogP contribution in [0.5, 0.6) is 5.88 Å². The number of nitrogens with one attached hydrogen (secondary N) is 1. The maximum absolute atomic E-state index is 11.6. The van der Waals surface area contributed by atoms with Crippen molar-refractivity contribution >= 4 is 5.91 Å². The van der Waals surface area contributed by atoms with Crippen LogP contribution < -0.4 is 10.1 Å². The minimum atomic E-state index is 0.137. The van der Waals surface area contributed by atoms with E-state index in [1.807, 2.05) is 12.1 Å². The van der Waals surface area contributed by atoms with Gasteiger partial charge in [-0.1, -0.05) is 13.0 Å². The number of carbonyl (C=O) groups is 1. The van der Waals surface area contributed by atoms with Gasteiger partial charge in [-0.25, -0.2) is 4.98 Å². The maximum atomic E-state index is 11.6. The first kappa shape index (κ1) is 10.9. The zero-order valence-corrected chi connectivity index (χ0v) is 9.56. The normalized spacial score (nSPS) is 22.6. The van der Waals surface area contributed by atoms with Crippen LogP contribution in [0.15, 0.2) is 18.3 Å². The fraction of sp³-hybridized carbons (Fsp3) is 0.500. The summed E-state index contributed by atoms with van der Waals surface area (Å²) in [5.41, 5.74) is 0.909. The van der Waals surface area contributed by atoms with E-state index in [0.29, 0.717) is 18.3 Å². The highest BCUT2D eigenvalue weighted by atomic mass is 16.5. The Labute approximate surface area is 95.0 Å². The molecule has 1 N–H and O–H groups in total. The highest BCUT2D eigenvalue weighted by Crippen LogP contribution is 2.37. The standard InChI is InChI=1S/C12H16N2O2/c1-8-6-10(8)11(15)14-7-9-4-3-5-13-12(9)16-2/h3-5,8,10H,6-7H2,1-2H3,(H,14,15)/t8-,10+/m1/s1. The smallest absolute Gasteiger partial charge is 0.223 e. The Hall–Kier alpha value is -1.58. The summed E-state index contributed by atoms with van der Waals surface area (Å²) in [6, 6.07) is 3.74. The van der Waals surface area contributed by atoms with E-state index < -0.39 is 0 Å². The van der Waals surface area contributed by atoms with E-state index >= 15 is 0 Å². The molecule has 4 nitrogen and oxygen atoms in total. The molecule has 86 valence electrons. The lowest BCUT2D eigenvalue weighted by Crippen LogP contribution is -2.25. The quantitative estimate of drug-likeness (QED) is 0.833. The second kappa shape index (κ2) is 4.51. The van der Waals surface area contributed by atoms with Gasteiger partial charge in [-0.05, 0) is 18.4 Å². The molecule has 0 spiro atoms. The van der Waals surface area contributed by atoms with Crippen LogP contribution in [0.1, 0.15) is 18.9 Å². The predicted octanol–water partition coefficient (Wildman–Crippen LogP) is 1.36. The molecule has 0 unspecified atom stereocenters. The Bertz CT molecular complexity index is 392. The fourth-order valence-electron chi connectivity index (χ4n) is 1.74. The molecule has 1 amide bonds. The number of pyridine rings is 1. The second-order valence-corrected chi connectivity index (χ2v) is 4.21. The van der Waals surface area contributed by atoms with Crippen LogP contribution in [-0.4, -0.2) is 18.0 Å². The van der Waals surface area contributed by atoms with E-state index in [1.54, 1.807) is 13.3 Å². The molecule has 16 heavy (non-hydrogen) atoms. The first-order valence-corrected chi connectivity index (χ1v) is 5.48. The number of aromatic nitrogens is 1. The molecule has 1 fully saturated rings. The lowest BCUT2D eigenvalue weighted by atomic mass is 10.2. The van der Waals surface area contributed by atoms with Crippen LogP contribution in [0.25, 0.3) is 0 Å². The van der Waals surface area contributed by atoms with Crippen molar-refractivity contribution in [3.05, 3.63) is 23.9 Å². The third-order valence-corrected chi connectivity index (χ3v) is 2.94. The third kappa shape index (κ3) is 2.32. The van der Waals surface area contributed by atoms with E-state index in [0.717, 1.165) is 12.0 Å². The number of ether oxygens (including phenoxy) is 1. The average Bonchev–Trinajstić information content (AvgIpc) is 3.04. The van der Waals surface area contributed by atoms with Crippen molar-refractivity contribution in [3.8, 4) is 5.88 Å². The fourth-order valence-corrected chi connectivity index (χ4v) is 1.74. The lowest BCUT2D eigenvalue weighted by molar-refractivity contribution is -0.122. The van der Waals surface area contributed by atoms with Crippen molar-refractivity contribution in [2.75, 3.05) is 7.11 Å². The van der Waals surface area contributed by atoms with E-state index in [2.05, 4.69) is 17.2 Å². The summed E-state index contributed by atoms with van der Waals surface area (Å²) in [5.74, 6) is 1.46. The summed E-state index contributed by atoms with van der Waals surface area (Å²) in [4.78, 5) is 15.7. The molecule has 1 aliphatic rings. The van der Waals surface area contributed by atoms with E-state index in [-0.39, 0.29) is 11.8 Å². The number of amides is 1. The van der Waals surface area contributed by atoms with E-state index in [1.165, 1.54) is 0 Å². The molecular weight excluding hydrogens is 204 g/mol. The Balaban J connectivity index is 1.91. The van der Waals surface area contributed by atoms with Gasteiger partial charge in [-0.15, -0.1) is 0 Å².